The number of ether oxygens (including phenoxy) is 1. The lowest BCUT2D eigenvalue weighted by molar-refractivity contribution is -0.474. The van der Waals surface area contributed by atoms with Gasteiger partial charge in [-0.05, 0) is 19.3 Å². The lowest BCUT2D eigenvalue weighted by Crippen LogP contribution is -3.00. The van der Waals surface area contributed by atoms with Crippen LogP contribution >= 0.6 is 0 Å². The molecule has 0 bridgehead atoms. The van der Waals surface area contributed by atoms with Crippen LogP contribution in [-0.2, 0) is 4.74 Å². The molecule has 1 fully saturated rings. The van der Waals surface area contributed by atoms with E-state index in [0.29, 0.717) is 0 Å². The average molecular weight is 530 g/mol. The van der Waals surface area contributed by atoms with Gasteiger partial charge in [-0.2, -0.15) is 0 Å². The molecule has 1 saturated heterocycles. The van der Waals surface area contributed by atoms with Gasteiger partial charge < -0.3 is 22.9 Å². The third kappa shape index (κ3) is 16.9. The van der Waals surface area contributed by atoms with Crippen LogP contribution in [0.2, 0.25) is 0 Å². The molecule has 218 valence electrons. The fourth-order valence-corrected chi connectivity index (χ4v) is 6.16. The summed E-state index contributed by atoms with van der Waals surface area (Å²) in [6, 6.07) is 0. The first kappa shape index (κ1) is 36.2. The minimum absolute atomic E-state index is 0. The average Bonchev–Trinajstić information content (AvgIpc) is 3.46. The van der Waals surface area contributed by atoms with Gasteiger partial charge in [0, 0.05) is 6.42 Å². The van der Waals surface area contributed by atoms with E-state index >= 15 is 0 Å². The highest BCUT2D eigenvalue weighted by atomic mass is 35.5. The Hall–Kier alpha value is 0.210. The molecule has 1 rings (SSSR count). The number of quaternary nitrogens is 1. The topological polar surface area (TPSA) is 40.2 Å². The van der Waals surface area contributed by atoms with Crippen LogP contribution in [0.5, 0.6) is 0 Å². The van der Waals surface area contributed by atoms with Crippen molar-refractivity contribution in [1.82, 2.24) is 0 Å². The van der Waals surface area contributed by atoms with Crippen LogP contribution in [0.25, 0.3) is 0 Å². The summed E-state index contributed by atoms with van der Waals surface area (Å²) in [5.41, 5.74) is 4.61. The molecule has 0 saturated carbocycles. The second kappa shape index (κ2) is 24.3. The van der Waals surface area contributed by atoms with Crippen molar-refractivity contribution >= 4 is 0 Å². The van der Waals surface area contributed by atoms with E-state index in [1.807, 2.05) is 0 Å². The van der Waals surface area contributed by atoms with Gasteiger partial charge in [0.25, 0.3) is 0 Å². The number of unbranched alkanes of at least 4 members (excludes halogenated alkanes) is 23. The van der Waals surface area contributed by atoms with Crippen molar-refractivity contribution in [2.24, 2.45) is 0 Å². The molecule has 1 aliphatic rings. The summed E-state index contributed by atoms with van der Waals surface area (Å²) in [6.45, 7) is 6.92. The molecule has 0 radical (unpaired) electrons. The van der Waals surface area contributed by atoms with Gasteiger partial charge in [0.1, 0.15) is 0 Å². The summed E-state index contributed by atoms with van der Waals surface area (Å²) in [6.07, 6.45) is 39.1. The Morgan fingerprint density at radius 3 is 1.00 bits per heavy atom. The van der Waals surface area contributed by atoms with Gasteiger partial charge >= 0.3 is 0 Å². The van der Waals surface area contributed by atoms with Crippen molar-refractivity contribution in [2.75, 3.05) is 0 Å². The van der Waals surface area contributed by atoms with Gasteiger partial charge in [-0.15, -0.1) is 0 Å². The molecule has 0 aromatic rings. The fraction of sp³-hybridized carbons (Fsp3) is 1.00. The van der Waals surface area contributed by atoms with E-state index in [1.165, 1.54) is 173 Å². The lowest BCUT2D eigenvalue weighted by Gasteiger charge is -2.13. The molecule has 0 amide bonds. The lowest BCUT2D eigenvalue weighted by atomic mass is 9.88. The minimum atomic E-state index is -0.0582. The van der Waals surface area contributed by atoms with E-state index < -0.39 is 0 Å². The molecule has 3 N–H and O–H groups in total. The van der Waals surface area contributed by atoms with Gasteiger partial charge in [-0.25, -0.2) is 0 Å². The van der Waals surface area contributed by atoms with E-state index in [4.69, 9.17) is 4.74 Å². The SMILES string of the molecule is CCCCCCCCCCCCCCCC1([NH3+])OC1(CC)CCCCCCCCCCCCCC.[Cl-]. The third-order valence-electron chi connectivity index (χ3n) is 8.87. The standard InChI is InChI=1S/C33H67NO.ClH/c1-4-7-9-11-13-15-17-19-21-23-25-27-29-31-33(34)32(6-3,35-33)30-28-26-24-22-20-18-16-14-12-10-8-5-2;/h4-31,34H2,1-3H3;1H. The second-order valence-electron chi connectivity index (χ2n) is 12.1. The predicted octanol–water partition coefficient (Wildman–Crippen LogP) is 7.68. The summed E-state index contributed by atoms with van der Waals surface area (Å²) < 4.78 is 6.34. The van der Waals surface area contributed by atoms with Crippen molar-refractivity contribution in [3.05, 3.63) is 0 Å². The molecule has 1 aliphatic heterocycles. The highest BCUT2D eigenvalue weighted by molar-refractivity contribution is 5.06. The number of rotatable bonds is 28. The summed E-state index contributed by atoms with van der Waals surface area (Å²) in [5.74, 6) is 0. The largest absolute Gasteiger partial charge is 1.00 e. The minimum Gasteiger partial charge on any atom is -1.00 e. The van der Waals surface area contributed by atoms with Crippen LogP contribution in [0.1, 0.15) is 201 Å². The maximum atomic E-state index is 6.34. The number of hydrogen-bond donors (Lipinski definition) is 1. The van der Waals surface area contributed by atoms with Crippen LogP contribution < -0.4 is 18.1 Å². The summed E-state index contributed by atoms with van der Waals surface area (Å²) in [7, 11) is 0. The molecular weight excluding hydrogens is 462 g/mol. The molecule has 2 atom stereocenters. The first-order chi connectivity index (χ1) is 17.1. The van der Waals surface area contributed by atoms with Gasteiger partial charge in [0.15, 0.2) is 5.60 Å². The van der Waals surface area contributed by atoms with E-state index in [-0.39, 0.29) is 23.7 Å². The van der Waals surface area contributed by atoms with Gasteiger partial charge in [-0.1, -0.05) is 175 Å². The molecular formula is C33H68ClNO. The van der Waals surface area contributed by atoms with E-state index in [2.05, 4.69) is 26.5 Å². The molecule has 0 aromatic heterocycles. The Balaban J connectivity index is 0.0000122. The number of halogens is 1. The Morgan fingerprint density at radius 2 is 0.694 bits per heavy atom. The van der Waals surface area contributed by atoms with E-state index in [0.717, 1.165) is 6.42 Å². The van der Waals surface area contributed by atoms with Gasteiger partial charge in [0.2, 0.25) is 5.72 Å². The Bertz CT molecular complexity index is 459. The predicted molar refractivity (Wildman–Crippen MR) is 156 cm³/mol. The van der Waals surface area contributed by atoms with Crippen molar-refractivity contribution in [2.45, 2.75) is 212 Å². The first-order valence-corrected chi connectivity index (χ1v) is 16.7. The van der Waals surface area contributed by atoms with E-state index in [1.54, 1.807) is 0 Å². The van der Waals surface area contributed by atoms with Gasteiger partial charge in [-0.3, -0.25) is 0 Å². The van der Waals surface area contributed by atoms with Gasteiger partial charge in [0.05, 0.1) is 0 Å². The zero-order chi connectivity index (χ0) is 25.5. The third-order valence-corrected chi connectivity index (χ3v) is 8.87. The molecule has 2 nitrogen and oxygen atoms in total. The second-order valence-corrected chi connectivity index (χ2v) is 12.1. The van der Waals surface area contributed by atoms with Crippen molar-refractivity contribution in [3.63, 3.8) is 0 Å². The highest BCUT2D eigenvalue weighted by Crippen LogP contribution is 2.51. The molecule has 1 heterocycles. The Labute approximate surface area is 234 Å². The Kier molecular flexibility index (Phi) is 24.4. The summed E-state index contributed by atoms with van der Waals surface area (Å²) in [5, 5.41) is 0. The highest BCUT2D eigenvalue weighted by Gasteiger charge is 2.69. The number of hydrogen-bond acceptors (Lipinski definition) is 1. The Morgan fingerprint density at radius 1 is 0.417 bits per heavy atom. The molecule has 0 aromatic carbocycles. The zero-order valence-electron chi connectivity index (χ0n) is 25.3. The quantitative estimate of drug-likeness (QED) is 0.0818. The first-order valence-electron chi connectivity index (χ1n) is 16.7. The maximum absolute atomic E-state index is 6.34. The van der Waals surface area contributed by atoms with Crippen molar-refractivity contribution in [3.8, 4) is 0 Å². The smallest absolute Gasteiger partial charge is 0.229 e. The van der Waals surface area contributed by atoms with E-state index in [9.17, 15) is 0 Å². The van der Waals surface area contributed by atoms with Crippen LogP contribution in [-0.4, -0.2) is 11.3 Å². The maximum Gasteiger partial charge on any atom is 0.229 e. The van der Waals surface area contributed by atoms with Crippen LogP contribution in [0.3, 0.4) is 0 Å². The van der Waals surface area contributed by atoms with Crippen LogP contribution in [0.4, 0.5) is 0 Å². The summed E-state index contributed by atoms with van der Waals surface area (Å²) in [4.78, 5) is 0. The van der Waals surface area contributed by atoms with Crippen molar-refractivity contribution in [1.29, 1.82) is 0 Å². The molecule has 0 spiro atoms. The fourth-order valence-electron chi connectivity index (χ4n) is 6.16. The number of epoxide rings is 1. The normalized spacial score (nSPS) is 21.0. The molecule has 2 unspecified atom stereocenters. The van der Waals surface area contributed by atoms with Crippen LogP contribution in [0, 0.1) is 0 Å². The molecule has 0 aliphatic carbocycles. The molecule has 3 heteroatoms. The molecule has 36 heavy (non-hydrogen) atoms. The monoisotopic (exact) mass is 529 g/mol. The van der Waals surface area contributed by atoms with Crippen LogP contribution in [0.15, 0.2) is 0 Å². The summed E-state index contributed by atoms with van der Waals surface area (Å²) >= 11 is 0. The zero-order valence-corrected chi connectivity index (χ0v) is 26.0. The van der Waals surface area contributed by atoms with Crippen molar-refractivity contribution < 1.29 is 22.9 Å².